The van der Waals surface area contributed by atoms with Crippen LogP contribution in [0.2, 0.25) is 0 Å². The first-order chi connectivity index (χ1) is 7.25. The highest BCUT2D eigenvalue weighted by Crippen LogP contribution is 2.29. The monoisotopic (exact) mass is 208 g/mol. The second-order valence-corrected chi connectivity index (χ2v) is 4.94. The van der Waals surface area contributed by atoms with Crippen molar-refractivity contribution >= 4 is 0 Å². The zero-order chi connectivity index (χ0) is 11.1. The van der Waals surface area contributed by atoms with Gasteiger partial charge in [-0.1, -0.05) is 26.7 Å². The van der Waals surface area contributed by atoms with E-state index in [4.69, 9.17) is 5.26 Å². The lowest BCUT2D eigenvalue weighted by molar-refractivity contribution is 0.207. The lowest BCUT2D eigenvalue weighted by Crippen LogP contribution is -2.40. The maximum Gasteiger partial charge on any atom is 0.0621 e. The molecule has 1 N–H and O–H groups in total. The van der Waals surface area contributed by atoms with Crippen LogP contribution in [0.15, 0.2) is 0 Å². The van der Waals surface area contributed by atoms with Crippen LogP contribution in [0.3, 0.4) is 0 Å². The summed E-state index contributed by atoms with van der Waals surface area (Å²) in [5.41, 5.74) is 0. The third-order valence-corrected chi connectivity index (χ3v) is 3.83. The second kappa shape index (κ2) is 6.85. The maximum atomic E-state index is 8.42. The molecule has 1 rings (SSSR count). The summed E-state index contributed by atoms with van der Waals surface area (Å²) < 4.78 is 0. The Kier molecular flexibility index (Phi) is 5.71. The fourth-order valence-corrected chi connectivity index (χ4v) is 2.49. The number of nitrogens with one attached hydrogen (secondary N) is 1. The van der Waals surface area contributed by atoms with Gasteiger partial charge in [-0.2, -0.15) is 5.26 Å². The summed E-state index contributed by atoms with van der Waals surface area (Å²) in [6, 6.07) is 2.91. The first-order valence-corrected chi connectivity index (χ1v) is 6.36. The number of rotatable bonds is 5. The van der Waals surface area contributed by atoms with Crippen LogP contribution in [0.5, 0.6) is 0 Å². The van der Waals surface area contributed by atoms with Gasteiger partial charge in [0.05, 0.1) is 6.07 Å². The van der Waals surface area contributed by atoms with E-state index in [-0.39, 0.29) is 0 Å². The highest BCUT2D eigenvalue weighted by molar-refractivity contribution is 4.82. The van der Waals surface area contributed by atoms with Crippen molar-refractivity contribution in [2.45, 2.75) is 58.4 Å². The Labute approximate surface area is 94.1 Å². The van der Waals surface area contributed by atoms with Crippen molar-refractivity contribution in [3.63, 3.8) is 0 Å². The maximum absolute atomic E-state index is 8.42. The molecule has 0 aliphatic heterocycles. The van der Waals surface area contributed by atoms with Crippen molar-refractivity contribution in [2.75, 3.05) is 6.54 Å². The Morgan fingerprint density at radius 3 is 2.80 bits per heavy atom. The van der Waals surface area contributed by atoms with Gasteiger partial charge in [0.1, 0.15) is 0 Å². The third kappa shape index (κ3) is 4.22. The van der Waals surface area contributed by atoms with Crippen LogP contribution >= 0.6 is 0 Å². The molecule has 0 spiro atoms. The lowest BCUT2D eigenvalue weighted by atomic mass is 9.78. The SMILES string of the molecule is CC1CCCC(NCCCCC#N)C1C. The van der Waals surface area contributed by atoms with E-state index in [0.717, 1.165) is 37.3 Å². The van der Waals surface area contributed by atoms with E-state index >= 15 is 0 Å². The Hall–Kier alpha value is -0.550. The number of nitrogens with zero attached hydrogens (tertiary/aromatic N) is 1. The van der Waals surface area contributed by atoms with Crippen LogP contribution < -0.4 is 5.32 Å². The first-order valence-electron chi connectivity index (χ1n) is 6.36. The molecule has 0 aromatic heterocycles. The average molecular weight is 208 g/mol. The summed E-state index contributed by atoms with van der Waals surface area (Å²) in [6.45, 7) is 5.83. The Morgan fingerprint density at radius 1 is 1.27 bits per heavy atom. The molecule has 2 heteroatoms. The summed E-state index contributed by atoms with van der Waals surface area (Å²) in [5, 5.41) is 12.1. The number of nitriles is 1. The smallest absolute Gasteiger partial charge is 0.0621 e. The van der Waals surface area contributed by atoms with Crippen LogP contribution in [-0.4, -0.2) is 12.6 Å². The molecule has 0 aromatic rings. The van der Waals surface area contributed by atoms with Gasteiger partial charge < -0.3 is 5.32 Å². The minimum absolute atomic E-state index is 0.707. The van der Waals surface area contributed by atoms with Gasteiger partial charge >= 0.3 is 0 Å². The van der Waals surface area contributed by atoms with Crippen molar-refractivity contribution in [2.24, 2.45) is 11.8 Å². The van der Waals surface area contributed by atoms with Crippen LogP contribution in [0, 0.1) is 23.2 Å². The molecule has 0 radical (unpaired) electrons. The molecular weight excluding hydrogens is 184 g/mol. The van der Waals surface area contributed by atoms with E-state index in [0.29, 0.717) is 6.42 Å². The first kappa shape index (κ1) is 12.5. The largest absolute Gasteiger partial charge is 0.314 e. The molecule has 3 unspecified atom stereocenters. The minimum atomic E-state index is 0.707. The molecule has 1 fully saturated rings. The van der Waals surface area contributed by atoms with Crippen LogP contribution in [0.1, 0.15) is 52.4 Å². The normalized spacial score (nSPS) is 31.1. The van der Waals surface area contributed by atoms with Crippen LogP contribution in [-0.2, 0) is 0 Å². The predicted molar refractivity (Wildman–Crippen MR) is 63.4 cm³/mol. The van der Waals surface area contributed by atoms with Crippen molar-refractivity contribution in [1.29, 1.82) is 5.26 Å². The minimum Gasteiger partial charge on any atom is -0.314 e. The van der Waals surface area contributed by atoms with Crippen LogP contribution in [0.4, 0.5) is 0 Å². The summed E-state index contributed by atoms with van der Waals surface area (Å²) in [4.78, 5) is 0. The average Bonchev–Trinajstić information content (AvgIpc) is 2.24. The quantitative estimate of drug-likeness (QED) is 0.705. The zero-order valence-electron chi connectivity index (χ0n) is 10.1. The summed E-state index contributed by atoms with van der Waals surface area (Å²) in [5.74, 6) is 1.69. The van der Waals surface area contributed by atoms with Crippen molar-refractivity contribution < 1.29 is 0 Å². The van der Waals surface area contributed by atoms with E-state index in [1.165, 1.54) is 19.3 Å². The highest BCUT2D eigenvalue weighted by Gasteiger charge is 2.25. The Balaban J connectivity index is 2.12. The molecule has 0 heterocycles. The molecule has 1 aliphatic carbocycles. The van der Waals surface area contributed by atoms with E-state index in [2.05, 4.69) is 25.2 Å². The highest BCUT2D eigenvalue weighted by atomic mass is 14.9. The summed E-state index contributed by atoms with van der Waals surface area (Å²) in [6.07, 6.45) is 7.00. The van der Waals surface area contributed by atoms with E-state index in [1.54, 1.807) is 0 Å². The number of hydrogen-bond donors (Lipinski definition) is 1. The summed E-state index contributed by atoms with van der Waals surface area (Å²) in [7, 11) is 0. The van der Waals surface area contributed by atoms with Gasteiger partial charge in [-0.25, -0.2) is 0 Å². The molecule has 86 valence electrons. The van der Waals surface area contributed by atoms with Gasteiger partial charge in [-0.3, -0.25) is 0 Å². The Morgan fingerprint density at radius 2 is 2.07 bits per heavy atom. The summed E-state index contributed by atoms with van der Waals surface area (Å²) >= 11 is 0. The molecule has 0 amide bonds. The molecule has 1 aliphatic rings. The zero-order valence-corrected chi connectivity index (χ0v) is 10.1. The van der Waals surface area contributed by atoms with Gasteiger partial charge in [-0.15, -0.1) is 0 Å². The van der Waals surface area contributed by atoms with Crippen molar-refractivity contribution in [1.82, 2.24) is 5.32 Å². The lowest BCUT2D eigenvalue weighted by Gasteiger charge is -2.34. The molecule has 1 saturated carbocycles. The van der Waals surface area contributed by atoms with Gasteiger partial charge in [0.2, 0.25) is 0 Å². The van der Waals surface area contributed by atoms with E-state index in [9.17, 15) is 0 Å². The van der Waals surface area contributed by atoms with Gasteiger partial charge in [-0.05, 0) is 37.6 Å². The topological polar surface area (TPSA) is 35.8 Å². The molecule has 15 heavy (non-hydrogen) atoms. The van der Waals surface area contributed by atoms with Gasteiger partial charge in [0.25, 0.3) is 0 Å². The van der Waals surface area contributed by atoms with E-state index in [1.807, 2.05) is 0 Å². The molecule has 0 bridgehead atoms. The van der Waals surface area contributed by atoms with E-state index < -0.39 is 0 Å². The molecule has 3 atom stereocenters. The Bertz CT molecular complexity index is 207. The predicted octanol–water partition coefficient (Wildman–Crippen LogP) is 3.09. The number of hydrogen-bond acceptors (Lipinski definition) is 2. The third-order valence-electron chi connectivity index (χ3n) is 3.83. The van der Waals surface area contributed by atoms with Crippen molar-refractivity contribution in [3.8, 4) is 6.07 Å². The molecule has 2 nitrogen and oxygen atoms in total. The van der Waals surface area contributed by atoms with Gasteiger partial charge in [0, 0.05) is 12.5 Å². The molecule has 0 saturated heterocycles. The fraction of sp³-hybridized carbons (Fsp3) is 0.923. The second-order valence-electron chi connectivity index (χ2n) is 4.94. The number of unbranched alkanes of at least 4 members (excludes halogenated alkanes) is 2. The van der Waals surface area contributed by atoms with Gasteiger partial charge in [0.15, 0.2) is 0 Å². The standard InChI is InChI=1S/C13H24N2/c1-11-7-6-8-13(12(11)2)15-10-5-3-4-9-14/h11-13,15H,3-8,10H2,1-2H3. The fourth-order valence-electron chi connectivity index (χ4n) is 2.49. The molecular formula is C13H24N2. The van der Waals surface area contributed by atoms with Crippen LogP contribution in [0.25, 0.3) is 0 Å². The van der Waals surface area contributed by atoms with Crippen molar-refractivity contribution in [3.05, 3.63) is 0 Å². The molecule has 0 aromatic carbocycles.